The Labute approximate surface area is 144 Å². The van der Waals surface area contributed by atoms with E-state index >= 15 is 0 Å². The molecule has 7 heteroatoms. The van der Waals surface area contributed by atoms with Crippen molar-refractivity contribution in [2.45, 2.75) is 18.4 Å². The summed E-state index contributed by atoms with van der Waals surface area (Å²) in [6.45, 7) is 3.73. The molecule has 0 saturated carbocycles. The number of rotatable bonds is 2. The average molecular weight is 342 g/mol. The molecule has 24 heavy (non-hydrogen) atoms. The fourth-order valence-electron chi connectivity index (χ4n) is 4.18. The lowest BCUT2D eigenvalue weighted by Crippen LogP contribution is -2.61. The van der Waals surface area contributed by atoms with Crippen molar-refractivity contribution in [2.75, 3.05) is 31.1 Å². The van der Waals surface area contributed by atoms with Gasteiger partial charge in [-0.25, -0.2) is 14.7 Å². The van der Waals surface area contributed by atoms with Gasteiger partial charge in [-0.1, -0.05) is 6.07 Å². The van der Waals surface area contributed by atoms with Crippen LogP contribution < -0.4 is 4.90 Å². The Morgan fingerprint density at radius 3 is 2.79 bits per heavy atom. The zero-order valence-corrected chi connectivity index (χ0v) is 14.0. The van der Waals surface area contributed by atoms with Gasteiger partial charge in [0.2, 0.25) is 0 Å². The minimum Gasteiger partial charge on any atom is -0.439 e. The van der Waals surface area contributed by atoms with Gasteiger partial charge in [0, 0.05) is 24.0 Å². The van der Waals surface area contributed by atoms with Crippen molar-refractivity contribution in [1.82, 2.24) is 14.9 Å². The maximum absolute atomic E-state index is 12.5. The van der Waals surface area contributed by atoms with Crippen LogP contribution in [-0.2, 0) is 4.74 Å². The molecule has 1 spiro atoms. The summed E-state index contributed by atoms with van der Waals surface area (Å²) in [7, 11) is 0. The Balaban J connectivity index is 1.42. The molecule has 6 heterocycles. The molecule has 1 unspecified atom stereocenters. The molecule has 0 aromatic carbocycles. The second-order valence-corrected chi connectivity index (χ2v) is 7.64. The minimum absolute atomic E-state index is 0.259. The summed E-state index contributed by atoms with van der Waals surface area (Å²) in [4.78, 5) is 25.6. The molecule has 2 aromatic rings. The maximum atomic E-state index is 12.5. The number of pyridine rings is 1. The van der Waals surface area contributed by atoms with Gasteiger partial charge in [0.05, 0.1) is 12.2 Å². The Morgan fingerprint density at radius 2 is 2.08 bits per heavy atom. The van der Waals surface area contributed by atoms with Gasteiger partial charge in [-0.05, 0) is 38.1 Å². The number of amides is 1. The number of hydrogen-bond acceptors (Lipinski definition) is 6. The molecule has 4 saturated heterocycles. The molecule has 4 fully saturated rings. The Bertz CT molecular complexity index is 772. The van der Waals surface area contributed by atoms with Gasteiger partial charge in [0.1, 0.15) is 11.3 Å². The highest BCUT2D eigenvalue weighted by Crippen LogP contribution is 2.43. The summed E-state index contributed by atoms with van der Waals surface area (Å²) in [5, 5.41) is 2.65. The minimum atomic E-state index is -0.343. The molecule has 1 amide bonds. The monoisotopic (exact) mass is 342 g/mol. The number of aromatic nitrogens is 2. The lowest BCUT2D eigenvalue weighted by molar-refractivity contribution is -0.0881. The molecule has 4 aliphatic heterocycles. The van der Waals surface area contributed by atoms with Crippen LogP contribution in [-0.4, -0.2) is 52.7 Å². The van der Waals surface area contributed by atoms with Crippen molar-refractivity contribution in [2.24, 2.45) is 5.92 Å². The lowest BCUT2D eigenvalue weighted by Gasteiger charge is -2.49. The van der Waals surface area contributed by atoms with Gasteiger partial charge < -0.3 is 4.74 Å². The lowest BCUT2D eigenvalue weighted by atomic mass is 9.75. The molecule has 1 atom stereocenters. The van der Waals surface area contributed by atoms with Gasteiger partial charge in [-0.2, -0.15) is 0 Å². The smallest absolute Gasteiger partial charge is 0.416 e. The number of carbonyl (C=O) groups is 1. The summed E-state index contributed by atoms with van der Waals surface area (Å²) >= 11 is 1.47. The predicted octanol–water partition coefficient (Wildman–Crippen LogP) is 2.63. The molecule has 6 nitrogen and oxygen atoms in total. The second-order valence-electron chi connectivity index (χ2n) is 6.80. The Hall–Kier alpha value is -1.99. The predicted molar refractivity (Wildman–Crippen MR) is 91.1 cm³/mol. The maximum Gasteiger partial charge on any atom is 0.416 e. The van der Waals surface area contributed by atoms with Gasteiger partial charge in [0.25, 0.3) is 0 Å². The highest BCUT2D eigenvalue weighted by atomic mass is 32.1. The summed E-state index contributed by atoms with van der Waals surface area (Å²) in [5.41, 5.74) is 1.29. The Kier molecular flexibility index (Phi) is 3.14. The van der Waals surface area contributed by atoms with Gasteiger partial charge >= 0.3 is 6.09 Å². The van der Waals surface area contributed by atoms with E-state index in [2.05, 4.69) is 14.9 Å². The number of nitrogens with zero attached hydrogens (tertiary/aromatic N) is 4. The number of anilines is 1. The third-order valence-corrected chi connectivity index (χ3v) is 6.27. The summed E-state index contributed by atoms with van der Waals surface area (Å²) in [5.74, 6) is 0.478. The van der Waals surface area contributed by atoms with Crippen LogP contribution in [0, 0.1) is 5.92 Å². The normalized spacial score (nSPS) is 31.7. The van der Waals surface area contributed by atoms with E-state index in [1.165, 1.54) is 11.3 Å². The van der Waals surface area contributed by atoms with Crippen molar-refractivity contribution in [3.8, 4) is 11.4 Å². The van der Waals surface area contributed by atoms with Crippen LogP contribution in [0.1, 0.15) is 12.8 Å². The number of piperidine rings is 3. The molecule has 4 aliphatic rings. The standard InChI is InChI=1S/C17H18N4O2S/c22-16-21(11-17(23-16)10-20-7-4-12(17)5-8-20)15-19-14(9-24-15)13-3-1-2-6-18-13/h1-3,6,9,12H,4-5,7-8,10-11H2. The molecule has 0 radical (unpaired) electrons. The average Bonchev–Trinajstić information content (AvgIpc) is 3.22. The van der Waals surface area contributed by atoms with Crippen LogP contribution in [0.25, 0.3) is 11.4 Å². The van der Waals surface area contributed by atoms with Crippen LogP contribution in [0.4, 0.5) is 9.93 Å². The third kappa shape index (κ3) is 2.15. The van der Waals surface area contributed by atoms with Gasteiger partial charge in [0.15, 0.2) is 5.13 Å². The van der Waals surface area contributed by atoms with Crippen LogP contribution in [0.2, 0.25) is 0 Å². The number of thiazole rings is 1. The molecule has 0 aliphatic carbocycles. The first-order chi connectivity index (χ1) is 11.7. The van der Waals surface area contributed by atoms with E-state index in [0.717, 1.165) is 43.9 Å². The quantitative estimate of drug-likeness (QED) is 0.840. The van der Waals surface area contributed by atoms with E-state index in [9.17, 15) is 4.79 Å². The van der Waals surface area contributed by atoms with Crippen molar-refractivity contribution in [3.63, 3.8) is 0 Å². The fraction of sp³-hybridized carbons (Fsp3) is 0.471. The van der Waals surface area contributed by atoms with Crippen molar-refractivity contribution >= 4 is 22.6 Å². The Morgan fingerprint density at radius 1 is 1.21 bits per heavy atom. The van der Waals surface area contributed by atoms with E-state index in [1.807, 2.05) is 23.6 Å². The van der Waals surface area contributed by atoms with Crippen molar-refractivity contribution < 1.29 is 9.53 Å². The zero-order chi connectivity index (χ0) is 16.1. The molecule has 0 N–H and O–H groups in total. The second kappa shape index (κ2) is 5.26. The zero-order valence-electron chi connectivity index (χ0n) is 13.2. The highest BCUT2D eigenvalue weighted by Gasteiger charge is 2.56. The van der Waals surface area contributed by atoms with Gasteiger partial charge in [-0.15, -0.1) is 11.3 Å². The van der Waals surface area contributed by atoms with Crippen LogP contribution in [0.15, 0.2) is 29.8 Å². The van der Waals surface area contributed by atoms with Crippen LogP contribution >= 0.6 is 11.3 Å². The summed E-state index contributed by atoms with van der Waals surface area (Å²) < 4.78 is 5.90. The van der Waals surface area contributed by atoms with Crippen LogP contribution in [0.5, 0.6) is 0 Å². The third-order valence-electron chi connectivity index (χ3n) is 5.41. The van der Waals surface area contributed by atoms with Gasteiger partial charge in [-0.3, -0.25) is 9.88 Å². The van der Waals surface area contributed by atoms with Crippen LogP contribution in [0.3, 0.4) is 0 Å². The van der Waals surface area contributed by atoms with E-state index in [0.29, 0.717) is 17.6 Å². The first kappa shape index (κ1) is 14.4. The molecule has 2 aromatic heterocycles. The van der Waals surface area contributed by atoms with E-state index in [4.69, 9.17) is 4.74 Å². The first-order valence-electron chi connectivity index (χ1n) is 8.33. The molecule has 6 rings (SSSR count). The topological polar surface area (TPSA) is 58.6 Å². The number of carbonyl (C=O) groups excluding carboxylic acids is 1. The molecular weight excluding hydrogens is 324 g/mol. The van der Waals surface area contributed by atoms with Crippen molar-refractivity contribution in [1.29, 1.82) is 0 Å². The summed E-state index contributed by atoms with van der Waals surface area (Å²) in [6.07, 6.45) is 3.74. The van der Waals surface area contributed by atoms with E-state index in [-0.39, 0.29) is 11.7 Å². The van der Waals surface area contributed by atoms with Crippen molar-refractivity contribution in [3.05, 3.63) is 29.8 Å². The fourth-order valence-corrected chi connectivity index (χ4v) is 4.99. The SMILES string of the molecule is O=C1OC2(CN3CCC2CC3)CN1c1nc(-c2ccccn2)cs1. The van der Waals surface area contributed by atoms with E-state index < -0.39 is 0 Å². The van der Waals surface area contributed by atoms with E-state index in [1.54, 1.807) is 11.1 Å². The molecular formula is C17H18N4O2S. The first-order valence-corrected chi connectivity index (χ1v) is 9.21. The highest BCUT2D eigenvalue weighted by molar-refractivity contribution is 7.14. The molecule has 124 valence electrons. The number of ether oxygens (including phenoxy) is 1. The molecule has 2 bridgehead atoms. The number of hydrogen-bond donors (Lipinski definition) is 0. The number of fused-ring (bicyclic) bond motifs is 2. The largest absolute Gasteiger partial charge is 0.439 e. The summed E-state index contributed by atoms with van der Waals surface area (Å²) in [6, 6.07) is 5.75.